The topological polar surface area (TPSA) is 69.6 Å². The van der Waals surface area contributed by atoms with Crippen LogP contribution in [0.1, 0.15) is 37.6 Å². The third-order valence-corrected chi connectivity index (χ3v) is 2.71. The Bertz CT molecular complexity index is 458. The van der Waals surface area contributed by atoms with E-state index >= 15 is 0 Å². The van der Waals surface area contributed by atoms with Crippen molar-refractivity contribution in [1.29, 1.82) is 0 Å². The van der Waals surface area contributed by atoms with Gasteiger partial charge in [-0.1, -0.05) is 13.0 Å². The van der Waals surface area contributed by atoms with Crippen molar-refractivity contribution in [1.82, 2.24) is 4.90 Å². The quantitative estimate of drug-likeness (QED) is 0.858. The van der Waals surface area contributed by atoms with Gasteiger partial charge in [0.2, 0.25) is 0 Å². The molecule has 1 aromatic carbocycles. The van der Waals surface area contributed by atoms with Crippen LogP contribution in [0, 0.1) is 0 Å². The van der Waals surface area contributed by atoms with E-state index in [-0.39, 0.29) is 17.6 Å². The van der Waals surface area contributed by atoms with Gasteiger partial charge in [-0.25, -0.2) is 9.59 Å². The number of carbonyl (C=O) groups excluding carboxylic acids is 1. The molecule has 0 aliphatic rings. The van der Waals surface area contributed by atoms with Gasteiger partial charge in [0.15, 0.2) is 0 Å². The summed E-state index contributed by atoms with van der Waals surface area (Å²) in [6.45, 7) is 6.57. The van der Waals surface area contributed by atoms with E-state index in [0.717, 1.165) is 6.42 Å². The molecule has 1 aromatic rings. The number of rotatable bonds is 5. The van der Waals surface area contributed by atoms with Gasteiger partial charge in [-0.3, -0.25) is 0 Å². The lowest BCUT2D eigenvalue weighted by Gasteiger charge is -2.26. The van der Waals surface area contributed by atoms with Gasteiger partial charge in [0.1, 0.15) is 0 Å². The van der Waals surface area contributed by atoms with Crippen LogP contribution in [0.15, 0.2) is 24.3 Å². The standard InChI is InChI=1S/C14H20N2O3/c1-4-8-16(10(2)3)14(19)15-12-7-5-6-11(9-12)13(17)18/h5-7,9-10H,4,8H2,1-3H3,(H,15,19)(H,17,18). The molecule has 19 heavy (non-hydrogen) atoms. The molecule has 0 aromatic heterocycles. The van der Waals surface area contributed by atoms with Crippen molar-refractivity contribution in [2.45, 2.75) is 33.2 Å². The first-order valence-corrected chi connectivity index (χ1v) is 6.36. The Balaban J connectivity index is 2.80. The zero-order valence-electron chi connectivity index (χ0n) is 11.5. The Morgan fingerprint density at radius 1 is 1.37 bits per heavy atom. The molecule has 5 nitrogen and oxygen atoms in total. The molecule has 0 saturated heterocycles. The van der Waals surface area contributed by atoms with E-state index in [1.807, 2.05) is 20.8 Å². The molecule has 0 heterocycles. The number of carboxylic acids is 1. The zero-order valence-corrected chi connectivity index (χ0v) is 11.5. The van der Waals surface area contributed by atoms with Crippen LogP contribution in [-0.2, 0) is 0 Å². The summed E-state index contributed by atoms with van der Waals surface area (Å²) in [7, 11) is 0. The summed E-state index contributed by atoms with van der Waals surface area (Å²) in [5, 5.41) is 11.6. The molecule has 2 amide bonds. The van der Waals surface area contributed by atoms with Gasteiger partial charge in [-0.15, -0.1) is 0 Å². The van der Waals surface area contributed by atoms with Crippen molar-refractivity contribution in [3.63, 3.8) is 0 Å². The first kappa shape index (κ1) is 15.0. The Morgan fingerprint density at radius 2 is 2.05 bits per heavy atom. The lowest BCUT2D eigenvalue weighted by Crippen LogP contribution is -2.40. The minimum Gasteiger partial charge on any atom is -0.478 e. The predicted molar refractivity (Wildman–Crippen MR) is 74.6 cm³/mol. The third kappa shape index (κ3) is 4.28. The van der Waals surface area contributed by atoms with Crippen LogP contribution in [0.3, 0.4) is 0 Å². The highest BCUT2D eigenvalue weighted by Gasteiger charge is 2.16. The van der Waals surface area contributed by atoms with E-state index < -0.39 is 5.97 Å². The van der Waals surface area contributed by atoms with Crippen LogP contribution in [0.5, 0.6) is 0 Å². The number of nitrogens with one attached hydrogen (secondary N) is 1. The van der Waals surface area contributed by atoms with Crippen LogP contribution in [0.4, 0.5) is 10.5 Å². The van der Waals surface area contributed by atoms with Crippen molar-refractivity contribution in [3.05, 3.63) is 29.8 Å². The fourth-order valence-electron chi connectivity index (χ4n) is 1.76. The number of urea groups is 1. The molecule has 0 spiro atoms. The highest BCUT2D eigenvalue weighted by Crippen LogP contribution is 2.12. The molecule has 1 rings (SSSR count). The summed E-state index contributed by atoms with van der Waals surface area (Å²) in [4.78, 5) is 24.7. The molecule has 104 valence electrons. The average molecular weight is 264 g/mol. The number of carboxylic acid groups (broad SMARTS) is 1. The number of carbonyl (C=O) groups is 2. The third-order valence-electron chi connectivity index (χ3n) is 2.71. The van der Waals surface area contributed by atoms with Crippen molar-refractivity contribution >= 4 is 17.7 Å². The molecule has 0 aliphatic heterocycles. The number of nitrogens with zero attached hydrogens (tertiary/aromatic N) is 1. The summed E-state index contributed by atoms with van der Waals surface area (Å²) >= 11 is 0. The summed E-state index contributed by atoms with van der Waals surface area (Å²) in [5.74, 6) is -1.01. The Kier molecular flexibility index (Phi) is 5.36. The van der Waals surface area contributed by atoms with Gasteiger partial charge in [0, 0.05) is 18.3 Å². The molecule has 5 heteroatoms. The minimum atomic E-state index is -1.01. The van der Waals surface area contributed by atoms with Crippen LogP contribution in [0.25, 0.3) is 0 Å². The van der Waals surface area contributed by atoms with E-state index in [1.54, 1.807) is 17.0 Å². The largest absolute Gasteiger partial charge is 0.478 e. The molecule has 0 radical (unpaired) electrons. The van der Waals surface area contributed by atoms with E-state index in [0.29, 0.717) is 12.2 Å². The van der Waals surface area contributed by atoms with Gasteiger partial charge in [-0.05, 0) is 38.5 Å². The molecule has 0 saturated carbocycles. The molecule has 0 atom stereocenters. The number of anilines is 1. The average Bonchev–Trinajstić information content (AvgIpc) is 2.35. The van der Waals surface area contributed by atoms with Crippen LogP contribution in [0.2, 0.25) is 0 Å². The minimum absolute atomic E-state index is 0.0996. The Morgan fingerprint density at radius 3 is 2.58 bits per heavy atom. The van der Waals surface area contributed by atoms with Gasteiger partial charge < -0.3 is 15.3 Å². The number of hydrogen-bond donors (Lipinski definition) is 2. The van der Waals surface area contributed by atoms with E-state index in [4.69, 9.17) is 5.11 Å². The van der Waals surface area contributed by atoms with E-state index in [9.17, 15) is 9.59 Å². The SMILES string of the molecule is CCCN(C(=O)Nc1cccc(C(=O)O)c1)C(C)C. The number of benzene rings is 1. The monoisotopic (exact) mass is 264 g/mol. The van der Waals surface area contributed by atoms with Crippen molar-refractivity contribution < 1.29 is 14.7 Å². The van der Waals surface area contributed by atoms with E-state index in [1.165, 1.54) is 12.1 Å². The van der Waals surface area contributed by atoms with Crippen LogP contribution >= 0.6 is 0 Å². The fraction of sp³-hybridized carbons (Fsp3) is 0.429. The van der Waals surface area contributed by atoms with Crippen LogP contribution < -0.4 is 5.32 Å². The van der Waals surface area contributed by atoms with Gasteiger partial charge in [-0.2, -0.15) is 0 Å². The molecular formula is C14H20N2O3. The summed E-state index contributed by atoms with van der Waals surface area (Å²) in [6, 6.07) is 6.12. The second-order valence-electron chi connectivity index (χ2n) is 4.60. The zero-order chi connectivity index (χ0) is 14.4. The number of aromatic carboxylic acids is 1. The number of amides is 2. The maximum absolute atomic E-state index is 12.1. The van der Waals surface area contributed by atoms with Gasteiger partial charge >= 0.3 is 12.0 Å². The Labute approximate surface area is 113 Å². The molecule has 0 unspecified atom stereocenters. The van der Waals surface area contributed by atoms with Crippen molar-refractivity contribution in [2.24, 2.45) is 0 Å². The molecular weight excluding hydrogens is 244 g/mol. The van der Waals surface area contributed by atoms with Crippen LogP contribution in [-0.4, -0.2) is 34.6 Å². The summed E-state index contributed by atoms with van der Waals surface area (Å²) < 4.78 is 0. The summed E-state index contributed by atoms with van der Waals surface area (Å²) in [5.41, 5.74) is 0.649. The maximum atomic E-state index is 12.1. The van der Waals surface area contributed by atoms with E-state index in [2.05, 4.69) is 5.32 Å². The predicted octanol–water partition coefficient (Wildman–Crippen LogP) is 3.04. The van der Waals surface area contributed by atoms with Crippen molar-refractivity contribution in [3.8, 4) is 0 Å². The molecule has 2 N–H and O–H groups in total. The second kappa shape index (κ2) is 6.78. The first-order valence-electron chi connectivity index (χ1n) is 6.36. The number of hydrogen-bond acceptors (Lipinski definition) is 2. The fourth-order valence-corrected chi connectivity index (χ4v) is 1.76. The molecule has 0 fully saturated rings. The highest BCUT2D eigenvalue weighted by molar-refractivity contribution is 5.93. The molecule has 0 aliphatic carbocycles. The second-order valence-corrected chi connectivity index (χ2v) is 4.60. The first-order chi connectivity index (χ1) is 8.95. The maximum Gasteiger partial charge on any atom is 0.335 e. The van der Waals surface area contributed by atoms with Crippen molar-refractivity contribution in [2.75, 3.05) is 11.9 Å². The lowest BCUT2D eigenvalue weighted by atomic mass is 10.2. The lowest BCUT2D eigenvalue weighted by molar-refractivity contribution is 0.0697. The normalized spacial score (nSPS) is 10.3. The van der Waals surface area contributed by atoms with Gasteiger partial charge in [0.25, 0.3) is 0 Å². The smallest absolute Gasteiger partial charge is 0.335 e. The molecule has 0 bridgehead atoms. The summed E-state index contributed by atoms with van der Waals surface area (Å²) in [6.07, 6.45) is 0.876. The van der Waals surface area contributed by atoms with Gasteiger partial charge in [0.05, 0.1) is 5.56 Å². The highest BCUT2D eigenvalue weighted by atomic mass is 16.4. The Hall–Kier alpha value is -2.04.